The van der Waals surface area contributed by atoms with Gasteiger partial charge in [-0.15, -0.1) is 11.3 Å². The molecule has 112 valence electrons. The molecule has 0 spiro atoms. The molecular weight excluding hydrogens is 323 g/mol. The number of carboxylic acid groups (broad SMARTS) is 1. The third-order valence-electron chi connectivity index (χ3n) is 2.57. The summed E-state index contributed by atoms with van der Waals surface area (Å²) >= 11 is 2.46. The molecule has 0 saturated heterocycles. The fraction of sp³-hybridized carbons (Fsp3) is 0.231. The largest absolute Gasteiger partial charge is 0.481 e. The lowest BCUT2D eigenvalue weighted by atomic mass is 10.2. The van der Waals surface area contributed by atoms with Crippen molar-refractivity contribution in [3.05, 3.63) is 40.4 Å². The number of aliphatic carboxylic acids is 1. The van der Waals surface area contributed by atoms with Gasteiger partial charge < -0.3 is 5.11 Å². The fourth-order valence-electron chi connectivity index (χ4n) is 1.56. The highest BCUT2D eigenvalue weighted by Gasteiger charge is 2.30. The molecule has 1 aromatic heterocycles. The first-order chi connectivity index (χ1) is 9.75. The van der Waals surface area contributed by atoms with Gasteiger partial charge in [0.2, 0.25) is 0 Å². The van der Waals surface area contributed by atoms with Crippen molar-refractivity contribution >= 4 is 29.1 Å². The average Bonchev–Trinajstić information content (AvgIpc) is 2.68. The number of benzene rings is 1. The summed E-state index contributed by atoms with van der Waals surface area (Å²) in [5, 5.41) is 8.76. The second-order valence-electron chi connectivity index (χ2n) is 4.18. The molecule has 0 aliphatic rings. The first-order valence-electron chi connectivity index (χ1n) is 5.79. The van der Waals surface area contributed by atoms with Crippen molar-refractivity contribution in [2.24, 2.45) is 0 Å². The van der Waals surface area contributed by atoms with E-state index < -0.39 is 17.7 Å². The number of thiazole rings is 1. The van der Waals surface area contributed by atoms with Gasteiger partial charge in [-0.3, -0.25) is 4.79 Å². The number of alkyl halides is 3. The van der Waals surface area contributed by atoms with Gasteiger partial charge in [-0.25, -0.2) is 4.98 Å². The van der Waals surface area contributed by atoms with Crippen molar-refractivity contribution in [1.82, 2.24) is 4.98 Å². The Labute approximate surface area is 126 Å². The van der Waals surface area contributed by atoms with Crippen LogP contribution in [0.25, 0.3) is 0 Å². The molecule has 0 fully saturated rings. The molecule has 0 aliphatic heterocycles. The predicted octanol–water partition coefficient (Wildman–Crippen LogP) is 4.25. The smallest absolute Gasteiger partial charge is 0.416 e. The van der Waals surface area contributed by atoms with Gasteiger partial charge in [0.15, 0.2) is 4.34 Å². The van der Waals surface area contributed by atoms with E-state index in [4.69, 9.17) is 5.11 Å². The Balaban J connectivity index is 2.13. The molecule has 2 rings (SSSR count). The third kappa shape index (κ3) is 4.21. The quantitative estimate of drug-likeness (QED) is 0.909. The molecule has 0 bridgehead atoms. The second kappa shape index (κ2) is 6.07. The number of hydrogen-bond acceptors (Lipinski definition) is 4. The Bertz CT molecular complexity index is 650. The van der Waals surface area contributed by atoms with Crippen LogP contribution in [0.2, 0.25) is 0 Å². The van der Waals surface area contributed by atoms with Gasteiger partial charge in [0, 0.05) is 9.77 Å². The van der Waals surface area contributed by atoms with Crippen LogP contribution in [-0.4, -0.2) is 16.1 Å². The van der Waals surface area contributed by atoms with E-state index in [1.807, 2.05) is 0 Å². The lowest BCUT2D eigenvalue weighted by Gasteiger charge is -2.06. The van der Waals surface area contributed by atoms with Crippen LogP contribution in [0.1, 0.15) is 16.1 Å². The lowest BCUT2D eigenvalue weighted by Crippen LogP contribution is -2.03. The van der Waals surface area contributed by atoms with Crippen LogP contribution >= 0.6 is 23.1 Å². The minimum atomic E-state index is -4.35. The van der Waals surface area contributed by atoms with E-state index in [1.165, 1.54) is 35.2 Å². The highest BCUT2D eigenvalue weighted by atomic mass is 32.2. The maximum absolute atomic E-state index is 12.5. The minimum Gasteiger partial charge on any atom is -0.481 e. The zero-order valence-corrected chi connectivity index (χ0v) is 12.4. The van der Waals surface area contributed by atoms with Crippen LogP contribution in [-0.2, 0) is 17.4 Å². The van der Waals surface area contributed by atoms with Gasteiger partial charge in [0.25, 0.3) is 0 Å². The first-order valence-corrected chi connectivity index (χ1v) is 7.42. The average molecular weight is 333 g/mol. The Morgan fingerprint density at radius 3 is 2.48 bits per heavy atom. The summed E-state index contributed by atoms with van der Waals surface area (Å²) in [6, 6.07) is 4.78. The maximum atomic E-state index is 12.5. The van der Waals surface area contributed by atoms with Crippen molar-refractivity contribution < 1.29 is 23.1 Å². The zero-order valence-electron chi connectivity index (χ0n) is 10.8. The molecule has 21 heavy (non-hydrogen) atoms. The molecular formula is C13H10F3NO2S2. The van der Waals surface area contributed by atoms with Crippen LogP contribution in [0.5, 0.6) is 0 Å². The Hall–Kier alpha value is -1.54. The van der Waals surface area contributed by atoms with Crippen molar-refractivity contribution in [2.75, 3.05) is 0 Å². The number of aryl methyl sites for hydroxylation is 1. The Kier molecular flexibility index (Phi) is 4.58. The molecule has 0 atom stereocenters. The monoisotopic (exact) mass is 333 g/mol. The van der Waals surface area contributed by atoms with Crippen molar-refractivity contribution in [2.45, 2.75) is 28.8 Å². The number of nitrogens with zero attached hydrogens (tertiary/aromatic N) is 1. The van der Waals surface area contributed by atoms with Gasteiger partial charge in [0.1, 0.15) is 0 Å². The molecule has 0 aliphatic carbocycles. The molecule has 0 radical (unpaired) electrons. The normalized spacial score (nSPS) is 11.6. The number of rotatable bonds is 4. The summed E-state index contributed by atoms with van der Waals surface area (Å²) in [6.45, 7) is 1.71. The molecule has 3 nitrogen and oxygen atoms in total. The summed E-state index contributed by atoms with van der Waals surface area (Å²) < 4.78 is 38.0. The molecule has 0 unspecified atom stereocenters. The van der Waals surface area contributed by atoms with Crippen molar-refractivity contribution in [1.29, 1.82) is 0 Å². The van der Waals surface area contributed by atoms with Crippen LogP contribution in [0.4, 0.5) is 13.2 Å². The molecule has 8 heteroatoms. The van der Waals surface area contributed by atoms with E-state index in [2.05, 4.69) is 4.98 Å². The summed E-state index contributed by atoms with van der Waals surface area (Å²) in [5.41, 5.74) is -0.0643. The lowest BCUT2D eigenvalue weighted by molar-refractivity contribution is -0.138. The number of carboxylic acids is 1. The Morgan fingerprint density at radius 2 is 1.95 bits per heavy atom. The van der Waals surface area contributed by atoms with E-state index in [-0.39, 0.29) is 6.42 Å². The van der Waals surface area contributed by atoms with E-state index in [0.717, 1.165) is 12.1 Å². The fourth-order valence-corrected chi connectivity index (χ4v) is 3.75. The third-order valence-corrected chi connectivity index (χ3v) is 4.80. The highest BCUT2D eigenvalue weighted by molar-refractivity contribution is 8.01. The van der Waals surface area contributed by atoms with Gasteiger partial charge in [0.05, 0.1) is 17.7 Å². The summed E-state index contributed by atoms with van der Waals surface area (Å²) in [7, 11) is 0. The first kappa shape index (κ1) is 15.8. The van der Waals surface area contributed by atoms with Crippen LogP contribution < -0.4 is 0 Å². The maximum Gasteiger partial charge on any atom is 0.416 e. The molecule has 1 aromatic carbocycles. The molecule has 0 saturated carbocycles. The van der Waals surface area contributed by atoms with Crippen molar-refractivity contribution in [3.8, 4) is 0 Å². The second-order valence-corrected chi connectivity index (χ2v) is 6.59. The Morgan fingerprint density at radius 1 is 1.33 bits per heavy atom. The SMILES string of the molecule is Cc1nc(Sc2ccc(C(F)(F)F)cc2)sc1CC(=O)O. The topological polar surface area (TPSA) is 50.2 Å². The minimum absolute atomic E-state index is 0.100. The van der Waals surface area contributed by atoms with E-state index in [9.17, 15) is 18.0 Å². The van der Waals surface area contributed by atoms with Crippen LogP contribution in [0.3, 0.4) is 0 Å². The molecule has 1 N–H and O–H groups in total. The van der Waals surface area contributed by atoms with Gasteiger partial charge in [-0.05, 0) is 31.2 Å². The van der Waals surface area contributed by atoms with Crippen LogP contribution in [0, 0.1) is 6.92 Å². The zero-order chi connectivity index (χ0) is 15.6. The van der Waals surface area contributed by atoms with E-state index in [0.29, 0.717) is 19.8 Å². The summed E-state index contributed by atoms with van der Waals surface area (Å²) in [6.07, 6.45) is -4.45. The molecule has 0 amide bonds. The predicted molar refractivity (Wildman–Crippen MR) is 73.8 cm³/mol. The van der Waals surface area contributed by atoms with Gasteiger partial charge >= 0.3 is 12.1 Å². The number of hydrogen-bond donors (Lipinski definition) is 1. The number of halogens is 3. The van der Waals surface area contributed by atoms with Gasteiger partial charge in [-0.2, -0.15) is 13.2 Å². The van der Waals surface area contributed by atoms with Crippen LogP contribution in [0.15, 0.2) is 33.5 Å². The molecule has 2 aromatic rings. The molecule has 1 heterocycles. The summed E-state index contributed by atoms with van der Waals surface area (Å²) in [4.78, 5) is 16.2. The van der Waals surface area contributed by atoms with Gasteiger partial charge in [-0.1, -0.05) is 11.8 Å². The number of carbonyl (C=O) groups is 1. The standard InChI is InChI=1S/C13H10F3NO2S2/c1-7-10(6-11(18)19)21-12(17-7)20-9-4-2-8(3-5-9)13(14,15)16/h2-5H,6H2,1H3,(H,18,19). The summed E-state index contributed by atoms with van der Waals surface area (Å²) in [5.74, 6) is -0.937. The highest BCUT2D eigenvalue weighted by Crippen LogP contribution is 2.35. The number of aromatic nitrogens is 1. The van der Waals surface area contributed by atoms with Crippen molar-refractivity contribution in [3.63, 3.8) is 0 Å². The van der Waals surface area contributed by atoms with E-state index >= 15 is 0 Å². The van der Waals surface area contributed by atoms with E-state index in [1.54, 1.807) is 6.92 Å².